The van der Waals surface area contributed by atoms with Crippen molar-refractivity contribution >= 4 is 0 Å². The van der Waals surface area contributed by atoms with Gasteiger partial charge in [-0.2, -0.15) is 0 Å². The summed E-state index contributed by atoms with van der Waals surface area (Å²) < 4.78 is 1.81. The van der Waals surface area contributed by atoms with Gasteiger partial charge in [-0.05, 0) is 19.8 Å². The molecular weight excluding hydrogens is 214 g/mol. The highest BCUT2D eigenvalue weighted by atomic mass is 15.4. The first-order chi connectivity index (χ1) is 8.02. The fourth-order valence-corrected chi connectivity index (χ4v) is 1.79. The van der Waals surface area contributed by atoms with Crippen molar-refractivity contribution in [3.63, 3.8) is 0 Å². The molecule has 0 saturated carbocycles. The zero-order chi connectivity index (χ0) is 12.8. The molecule has 0 aliphatic carbocycles. The molecule has 1 rings (SSSR count). The predicted octanol–water partition coefficient (Wildman–Crippen LogP) is 1.10. The molecule has 0 aliphatic rings. The van der Waals surface area contributed by atoms with Crippen LogP contribution in [0.1, 0.15) is 33.4 Å². The summed E-state index contributed by atoms with van der Waals surface area (Å²) in [6, 6.07) is 0.525. The van der Waals surface area contributed by atoms with Crippen molar-refractivity contribution in [2.24, 2.45) is 11.7 Å². The Morgan fingerprint density at radius 1 is 1.35 bits per heavy atom. The third-order valence-electron chi connectivity index (χ3n) is 2.64. The smallest absolute Gasteiger partial charge is 0.0967 e. The minimum atomic E-state index is 0.525. The van der Waals surface area contributed by atoms with Crippen molar-refractivity contribution in [1.29, 1.82) is 0 Å². The molecule has 0 atom stereocenters. The van der Waals surface area contributed by atoms with E-state index in [1.54, 1.807) is 0 Å². The average Bonchev–Trinajstić information content (AvgIpc) is 2.64. The number of nitrogens with zero attached hydrogens (tertiary/aromatic N) is 4. The maximum absolute atomic E-state index is 5.49. The van der Waals surface area contributed by atoms with Crippen molar-refractivity contribution in [2.45, 2.75) is 46.8 Å². The molecule has 0 aromatic carbocycles. The Hall–Kier alpha value is -0.940. The van der Waals surface area contributed by atoms with Gasteiger partial charge < -0.3 is 5.73 Å². The monoisotopic (exact) mass is 239 g/mol. The van der Waals surface area contributed by atoms with Gasteiger partial charge in [0.25, 0.3) is 0 Å². The van der Waals surface area contributed by atoms with E-state index >= 15 is 0 Å². The summed E-state index contributed by atoms with van der Waals surface area (Å²) in [6.45, 7) is 12.2. The maximum atomic E-state index is 5.49. The summed E-state index contributed by atoms with van der Waals surface area (Å²) in [5.74, 6) is 0.663. The van der Waals surface area contributed by atoms with Crippen LogP contribution < -0.4 is 5.73 Å². The Kier molecular flexibility index (Phi) is 5.58. The second kappa shape index (κ2) is 6.71. The van der Waals surface area contributed by atoms with E-state index < -0.39 is 0 Å². The van der Waals surface area contributed by atoms with Crippen LogP contribution in [0.25, 0.3) is 0 Å². The van der Waals surface area contributed by atoms with Crippen LogP contribution >= 0.6 is 0 Å². The largest absolute Gasteiger partial charge is 0.329 e. The first kappa shape index (κ1) is 14.1. The van der Waals surface area contributed by atoms with Crippen molar-refractivity contribution < 1.29 is 0 Å². The van der Waals surface area contributed by atoms with E-state index in [0.717, 1.165) is 25.3 Å². The van der Waals surface area contributed by atoms with Crippen LogP contribution in [-0.4, -0.2) is 39.0 Å². The molecular formula is C12H25N5. The molecule has 0 unspecified atom stereocenters. The Labute approximate surface area is 104 Å². The van der Waals surface area contributed by atoms with Gasteiger partial charge in [0.2, 0.25) is 0 Å². The van der Waals surface area contributed by atoms with Crippen LogP contribution in [-0.2, 0) is 13.1 Å². The molecule has 2 N–H and O–H groups in total. The first-order valence-electron chi connectivity index (χ1n) is 6.36. The van der Waals surface area contributed by atoms with E-state index in [2.05, 4.69) is 42.9 Å². The summed E-state index contributed by atoms with van der Waals surface area (Å²) in [5.41, 5.74) is 6.51. The first-order valence-corrected chi connectivity index (χ1v) is 6.36. The van der Waals surface area contributed by atoms with Gasteiger partial charge in [-0.1, -0.05) is 19.1 Å². The molecule has 17 heavy (non-hydrogen) atoms. The molecule has 5 nitrogen and oxygen atoms in total. The van der Waals surface area contributed by atoms with Gasteiger partial charge >= 0.3 is 0 Å². The van der Waals surface area contributed by atoms with Crippen LogP contribution in [0, 0.1) is 5.92 Å². The third kappa shape index (κ3) is 4.83. The lowest BCUT2D eigenvalue weighted by Gasteiger charge is -2.27. The molecule has 0 amide bonds. The fraction of sp³-hybridized carbons (Fsp3) is 0.833. The lowest BCUT2D eigenvalue weighted by atomic mass is 10.1. The van der Waals surface area contributed by atoms with Crippen molar-refractivity contribution in [3.05, 3.63) is 11.9 Å². The van der Waals surface area contributed by atoms with Gasteiger partial charge in [0.1, 0.15) is 0 Å². The van der Waals surface area contributed by atoms with Gasteiger partial charge in [0.05, 0.1) is 12.2 Å². The molecule has 0 saturated heterocycles. The number of hydrogen-bond donors (Lipinski definition) is 1. The molecule has 0 bridgehead atoms. The molecule has 0 fully saturated rings. The number of nitrogens with two attached hydrogens (primary N) is 1. The summed E-state index contributed by atoms with van der Waals surface area (Å²) in [4.78, 5) is 2.42. The van der Waals surface area contributed by atoms with Crippen LogP contribution in [0.15, 0.2) is 6.20 Å². The van der Waals surface area contributed by atoms with E-state index in [0.29, 0.717) is 18.5 Å². The van der Waals surface area contributed by atoms with Gasteiger partial charge in [0.15, 0.2) is 0 Å². The lowest BCUT2D eigenvalue weighted by molar-refractivity contribution is 0.187. The molecule has 0 radical (unpaired) electrons. The van der Waals surface area contributed by atoms with Gasteiger partial charge in [-0.3, -0.25) is 9.58 Å². The standard InChI is InChI=1S/C12H25N5/c1-10(2)7-16(11(3)4)8-12-9-17(6-5-13)15-14-12/h9-11H,5-8,13H2,1-4H3. The highest BCUT2D eigenvalue weighted by Gasteiger charge is 2.13. The molecule has 1 heterocycles. The van der Waals surface area contributed by atoms with Gasteiger partial charge in [-0.25, -0.2) is 0 Å². The van der Waals surface area contributed by atoms with Crippen molar-refractivity contribution in [3.8, 4) is 0 Å². The van der Waals surface area contributed by atoms with Crippen molar-refractivity contribution in [2.75, 3.05) is 13.1 Å². The molecule has 1 aromatic heterocycles. The second-order valence-corrected chi connectivity index (χ2v) is 5.18. The summed E-state index contributed by atoms with van der Waals surface area (Å²) >= 11 is 0. The highest BCUT2D eigenvalue weighted by Crippen LogP contribution is 2.08. The minimum absolute atomic E-state index is 0.525. The van der Waals surface area contributed by atoms with E-state index in [1.165, 1.54) is 0 Å². The second-order valence-electron chi connectivity index (χ2n) is 5.18. The molecule has 5 heteroatoms. The summed E-state index contributed by atoms with van der Waals surface area (Å²) in [5, 5.41) is 8.24. The van der Waals surface area contributed by atoms with Crippen LogP contribution in [0.4, 0.5) is 0 Å². The fourth-order valence-electron chi connectivity index (χ4n) is 1.79. The normalized spacial score (nSPS) is 12.0. The molecule has 0 aliphatic heterocycles. The third-order valence-corrected chi connectivity index (χ3v) is 2.64. The summed E-state index contributed by atoms with van der Waals surface area (Å²) in [6.07, 6.45) is 1.99. The van der Waals surface area contributed by atoms with E-state index in [9.17, 15) is 0 Å². The quantitative estimate of drug-likeness (QED) is 0.774. The zero-order valence-corrected chi connectivity index (χ0v) is 11.4. The number of hydrogen-bond acceptors (Lipinski definition) is 4. The predicted molar refractivity (Wildman–Crippen MR) is 69.5 cm³/mol. The highest BCUT2D eigenvalue weighted by molar-refractivity contribution is 4.92. The molecule has 0 spiro atoms. The van der Waals surface area contributed by atoms with Gasteiger partial charge in [-0.15, -0.1) is 5.10 Å². The van der Waals surface area contributed by atoms with E-state index in [1.807, 2.05) is 10.9 Å². The Balaban J connectivity index is 2.58. The topological polar surface area (TPSA) is 60.0 Å². The maximum Gasteiger partial charge on any atom is 0.0967 e. The Morgan fingerprint density at radius 3 is 2.59 bits per heavy atom. The van der Waals surface area contributed by atoms with E-state index in [-0.39, 0.29) is 0 Å². The average molecular weight is 239 g/mol. The van der Waals surface area contributed by atoms with Crippen LogP contribution in [0.5, 0.6) is 0 Å². The SMILES string of the molecule is CC(C)CN(Cc1cn(CCN)nn1)C(C)C. The molecule has 98 valence electrons. The number of rotatable bonds is 7. The minimum Gasteiger partial charge on any atom is -0.329 e. The summed E-state index contributed by atoms with van der Waals surface area (Å²) in [7, 11) is 0. The Bertz CT molecular complexity index is 318. The Morgan fingerprint density at radius 2 is 2.06 bits per heavy atom. The van der Waals surface area contributed by atoms with Crippen LogP contribution in [0.2, 0.25) is 0 Å². The van der Waals surface area contributed by atoms with Crippen molar-refractivity contribution in [1.82, 2.24) is 19.9 Å². The lowest BCUT2D eigenvalue weighted by Crippen LogP contribution is -2.33. The van der Waals surface area contributed by atoms with E-state index in [4.69, 9.17) is 5.73 Å². The van der Waals surface area contributed by atoms with Gasteiger partial charge in [0, 0.05) is 31.9 Å². The van der Waals surface area contributed by atoms with Crippen LogP contribution in [0.3, 0.4) is 0 Å². The number of aromatic nitrogens is 3. The molecule has 1 aromatic rings. The zero-order valence-electron chi connectivity index (χ0n) is 11.4.